The lowest BCUT2D eigenvalue weighted by Crippen LogP contribution is -2.53. The Labute approximate surface area is 224 Å². The van der Waals surface area contributed by atoms with Crippen LogP contribution in [0.5, 0.6) is 0 Å². The van der Waals surface area contributed by atoms with Gasteiger partial charge in [0, 0.05) is 56.9 Å². The molecule has 6 nitrogen and oxygen atoms in total. The minimum Gasteiger partial charge on any atom is -0.367 e. The van der Waals surface area contributed by atoms with Gasteiger partial charge in [-0.05, 0) is 35.7 Å². The van der Waals surface area contributed by atoms with E-state index in [1.165, 1.54) is 5.56 Å². The fraction of sp³-hybridized carbons (Fsp3) is 0.333. The number of nitrogens with one attached hydrogen (secondary N) is 1. The smallest absolute Gasteiger partial charge is 0.240 e. The highest BCUT2D eigenvalue weighted by Gasteiger charge is 2.39. The first-order valence-electron chi connectivity index (χ1n) is 12.9. The third-order valence-electron chi connectivity index (χ3n) is 7.41. The van der Waals surface area contributed by atoms with Crippen molar-refractivity contribution in [3.8, 4) is 6.07 Å². The van der Waals surface area contributed by atoms with E-state index in [9.17, 15) is 10.1 Å². The summed E-state index contributed by atoms with van der Waals surface area (Å²) in [5.41, 5.74) is 3.92. The third kappa shape index (κ3) is 5.97. The molecule has 2 atom stereocenters. The van der Waals surface area contributed by atoms with E-state index >= 15 is 0 Å². The quantitative estimate of drug-likeness (QED) is 0.510. The van der Waals surface area contributed by atoms with Gasteiger partial charge in [-0.25, -0.2) is 0 Å². The molecule has 2 aliphatic rings. The highest BCUT2D eigenvalue weighted by molar-refractivity contribution is 6.31. The first-order chi connectivity index (χ1) is 18.1. The first kappa shape index (κ1) is 25.3. The number of carbonyl (C=O) groups is 1. The van der Waals surface area contributed by atoms with Gasteiger partial charge in [0.25, 0.3) is 0 Å². The number of carbonyl (C=O) groups excluding carboxylic acids is 1. The summed E-state index contributed by atoms with van der Waals surface area (Å²) in [6.07, 6.45) is 0.771. The molecule has 0 aliphatic carbocycles. The van der Waals surface area contributed by atoms with Crippen molar-refractivity contribution in [1.82, 2.24) is 15.1 Å². The zero-order chi connectivity index (χ0) is 25.6. The summed E-state index contributed by atoms with van der Waals surface area (Å²) < 4.78 is 0. The number of rotatable bonds is 7. The SMILES string of the molecule is N#Cc1ccccc1N1CCN(C(=O)[C@@H]2C[C@H](NCc3ccccc3Cl)CN2Cc2ccccc2)CC1. The van der Waals surface area contributed by atoms with Crippen molar-refractivity contribution in [2.75, 3.05) is 37.6 Å². The Morgan fingerprint density at radius 1 is 0.946 bits per heavy atom. The number of nitriles is 1. The largest absolute Gasteiger partial charge is 0.367 e. The Kier molecular flexibility index (Phi) is 8.05. The normalized spacial score (nSPS) is 20.1. The van der Waals surface area contributed by atoms with Crippen molar-refractivity contribution < 1.29 is 4.79 Å². The van der Waals surface area contributed by atoms with Gasteiger partial charge < -0.3 is 15.1 Å². The summed E-state index contributed by atoms with van der Waals surface area (Å²) in [6, 6.07) is 28.3. The van der Waals surface area contributed by atoms with Crippen LogP contribution in [-0.2, 0) is 17.9 Å². The van der Waals surface area contributed by atoms with Crippen LogP contribution in [0, 0.1) is 11.3 Å². The molecule has 190 valence electrons. The van der Waals surface area contributed by atoms with Crippen LogP contribution in [0.15, 0.2) is 78.9 Å². The van der Waals surface area contributed by atoms with Gasteiger partial charge in [0.2, 0.25) is 5.91 Å². The second-order valence-corrected chi connectivity index (χ2v) is 10.2. The van der Waals surface area contributed by atoms with Crippen LogP contribution in [0.4, 0.5) is 5.69 Å². The number of amides is 1. The van der Waals surface area contributed by atoms with E-state index in [0.717, 1.165) is 48.9 Å². The number of benzene rings is 3. The highest BCUT2D eigenvalue weighted by atomic mass is 35.5. The van der Waals surface area contributed by atoms with Crippen LogP contribution < -0.4 is 10.2 Å². The van der Waals surface area contributed by atoms with Crippen LogP contribution in [-0.4, -0.2) is 60.5 Å². The minimum atomic E-state index is -0.165. The molecule has 3 aromatic carbocycles. The Morgan fingerprint density at radius 2 is 1.65 bits per heavy atom. The van der Waals surface area contributed by atoms with E-state index < -0.39 is 0 Å². The summed E-state index contributed by atoms with van der Waals surface area (Å²) in [7, 11) is 0. The maximum Gasteiger partial charge on any atom is 0.240 e. The number of halogens is 1. The fourth-order valence-electron chi connectivity index (χ4n) is 5.42. The second kappa shape index (κ2) is 11.8. The van der Waals surface area contributed by atoms with Gasteiger partial charge >= 0.3 is 0 Å². The molecule has 0 saturated carbocycles. The molecule has 2 saturated heterocycles. The second-order valence-electron chi connectivity index (χ2n) is 9.78. The molecule has 3 aromatic rings. The van der Waals surface area contributed by atoms with Gasteiger partial charge in [-0.1, -0.05) is 72.3 Å². The van der Waals surface area contributed by atoms with E-state index in [1.54, 1.807) is 0 Å². The van der Waals surface area contributed by atoms with E-state index in [2.05, 4.69) is 33.3 Å². The molecule has 1 amide bonds. The lowest BCUT2D eigenvalue weighted by Gasteiger charge is -2.38. The van der Waals surface area contributed by atoms with E-state index in [4.69, 9.17) is 11.6 Å². The monoisotopic (exact) mass is 513 g/mol. The Balaban J connectivity index is 1.25. The average Bonchev–Trinajstić information content (AvgIpc) is 3.35. The predicted octanol–water partition coefficient (Wildman–Crippen LogP) is 4.29. The van der Waals surface area contributed by atoms with Crippen LogP contribution in [0.25, 0.3) is 0 Å². The standard InChI is InChI=1S/C30H32ClN5O/c31-27-12-6-4-11-25(27)20-33-26-18-29(36(22-26)21-23-8-2-1-3-9-23)30(37)35-16-14-34(15-17-35)28-13-7-5-10-24(28)19-32/h1-13,26,29,33H,14-18,20-22H2/t26-,29-/m0/s1. The predicted molar refractivity (Wildman–Crippen MR) is 147 cm³/mol. The maximum absolute atomic E-state index is 13.8. The van der Waals surface area contributed by atoms with E-state index in [1.807, 2.05) is 71.6 Å². The molecule has 1 N–H and O–H groups in total. The van der Waals surface area contributed by atoms with E-state index in [0.29, 0.717) is 25.2 Å². The molecule has 0 radical (unpaired) electrons. The molecule has 2 aliphatic heterocycles. The molecule has 0 unspecified atom stereocenters. The number of hydrogen-bond acceptors (Lipinski definition) is 5. The molecule has 0 bridgehead atoms. The van der Waals surface area contributed by atoms with Crippen molar-refractivity contribution in [1.29, 1.82) is 5.26 Å². The number of nitrogens with zero attached hydrogens (tertiary/aromatic N) is 4. The lowest BCUT2D eigenvalue weighted by atomic mass is 10.1. The zero-order valence-electron chi connectivity index (χ0n) is 20.9. The first-order valence-corrected chi connectivity index (χ1v) is 13.3. The highest BCUT2D eigenvalue weighted by Crippen LogP contribution is 2.26. The van der Waals surface area contributed by atoms with Crippen molar-refractivity contribution >= 4 is 23.2 Å². The van der Waals surface area contributed by atoms with Gasteiger partial charge in [-0.3, -0.25) is 9.69 Å². The Morgan fingerprint density at radius 3 is 2.41 bits per heavy atom. The molecule has 0 aromatic heterocycles. The Hall–Kier alpha value is -3.37. The van der Waals surface area contributed by atoms with E-state index in [-0.39, 0.29) is 18.0 Å². The van der Waals surface area contributed by atoms with Gasteiger partial charge in [0.15, 0.2) is 0 Å². The Bertz CT molecular complexity index is 1250. The minimum absolute atomic E-state index is 0.165. The molecule has 7 heteroatoms. The summed E-state index contributed by atoms with van der Waals surface area (Å²) >= 11 is 6.37. The van der Waals surface area contributed by atoms with Crippen molar-refractivity contribution in [2.24, 2.45) is 0 Å². The number of para-hydroxylation sites is 1. The third-order valence-corrected chi connectivity index (χ3v) is 7.78. The van der Waals surface area contributed by atoms with Gasteiger partial charge in [0.1, 0.15) is 6.07 Å². The molecule has 5 rings (SSSR count). The zero-order valence-corrected chi connectivity index (χ0v) is 21.6. The van der Waals surface area contributed by atoms with Crippen LogP contribution in [0.2, 0.25) is 5.02 Å². The van der Waals surface area contributed by atoms with Gasteiger partial charge in [0.05, 0.1) is 17.3 Å². The van der Waals surface area contributed by atoms with Crippen LogP contribution >= 0.6 is 11.6 Å². The summed E-state index contributed by atoms with van der Waals surface area (Å²) in [5.74, 6) is 0.200. The molecule has 2 heterocycles. The molecule has 37 heavy (non-hydrogen) atoms. The summed E-state index contributed by atoms with van der Waals surface area (Å²) in [6.45, 7) is 5.01. The number of piperazine rings is 1. The number of hydrogen-bond donors (Lipinski definition) is 1. The lowest BCUT2D eigenvalue weighted by molar-refractivity contribution is -0.136. The van der Waals surface area contributed by atoms with Crippen molar-refractivity contribution in [2.45, 2.75) is 31.6 Å². The van der Waals surface area contributed by atoms with Gasteiger partial charge in [-0.2, -0.15) is 5.26 Å². The molecular formula is C30H32ClN5O. The van der Waals surface area contributed by atoms with Crippen molar-refractivity contribution in [3.05, 3.63) is 101 Å². The van der Waals surface area contributed by atoms with Crippen LogP contribution in [0.3, 0.4) is 0 Å². The average molecular weight is 514 g/mol. The van der Waals surface area contributed by atoms with Crippen molar-refractivity contribution in [3.63, 3.8) is 0 Å². The fourth-order valence-corrected chi connectivity index (χ4v) is 5.62. The maximum atomic E-state index is 13.8. The summed E-state index contributed by atoms with van der Waals surface area (Å²) in [5, 5.41) is 13.9. The van der Waals surface area contributed by atoms with Gasteiger partial charge in [-0.15, -0.1) is 0 Å². The number of anilines is 1. The molecule has 0 spiro atoms. The summed E-state index contributed by atoms with van der Waals surface area (Å²) in [4.78, 5) is 20.3. The number of likely N-dealkylation sites (tertiary alicyclic amines) is 1. The van der Waals surface area contributed by atoms with Crippen LogP contribution in [0.1, 0.15) is 23.1 Å². The molecular weight excluding hydrogens is 482 g/mol. The topological polar surface area (TPSA) is 62.6 Å². The molecule has 2 fully saturated rings.